The Balaban J connectivity index is 0.000000209. The van der Waals surface area contributed by atoms with Gasteiger partial charge in [0.1, 0.15) is 5.82 Å². The molecule has 2 aromatic carbocycles. The van der Waals surface area contributed by atoms with Crippen LogP contribution in [0, 0.1) is 35.1 Å². The molecule has 0 saturated heterocycles. The van der Waals surface area contributed by atoms with Gasteiger partial charge in [-0.2, -0.15) is 0 Å². The Morgan fingerprint density at radius 3 is 1.71 bits per heavy atom. The monoisotopic (exact) mass is 398 g/mol. The van der Waals surface area contributed by atoms with E-state index in [1.54, 1.807) is 0 Å². The molecule has 3 rings (SSSR count). The van der Waals surface area contributed by atoms with Gasteiger partial charge < -0.3 is 0 Å². The molecule has 154 valence electrons. The summed E-state index contributed by atoms with van der Waals surface area (Å²) in [6.45, 7) is 2.15. The van der Waals surface area contributed by atoms with Gasteiger partial charge in [0, 0.05) is 0 Å². The third-order valence-corrected chi connectivity index (χ3v) is 5.34. The average molecular weight is 398 g/mol. The fourth-order valence-corrected chi connectivity index (χ4v) is 3.74. The lowest BCUT2D eigenvalue weighted by Crippen LogP contribution is -2.14. The standard InChI is InChI=1S/C12H6F4.C11H21F/c13-9-3-1-7(2-4-9)8-5-10(14)12(16)11(15)6-8;1-2-3-10-4-6-11(7-5-10)8-9-12/h1-6H;10-11H,2-9H2,1H3. The van der Waals surface area contributed by atoms with Crippen LogP contribution in [0.2, 0.25) is 0 Å². The molecule has 0 radical (unpaired) electrons. The van der Waals surface area contributed by atoms with Crippen molar-refractivity contribution in [3.05, 3.63) is 59.7 Å². The van der Waals surface area contributed by atoms with Gasteiger partial charge in [0.25, 0.3) is 0 Å². The Morgan fingerprint density at radius 1 is 0.750 bits per heavy atom. The van der Waals surface area contributed by atoms with E-state index in [-0.39, 0.29) is 12.2 Å². The van der Waals surface area contributed by atoms with Gasteiger partial charge in [0.15, 0.2) is 17.5 Å². The van der Waals surface area contributed by atoms with E-state index in [0.29, 0.717) is 11.5 Å². The van der Waals surface area contributed by atoms with E-state index in [1.807, 2.05) is 0 Å². The Hall–Kier alpha value is -1.91. The zero-order valence-corrected chi connectivity index (χ0v) is 16.2. The van der Waals surface area contributed by atoms with E-state index >= 15 is 0 Å². The smallest absolute Gasteiger partial charge is 0.194 e. The van der Waals surface area contributed by atoms with Gasteiger partial charge in [-0.1, -0.05) is 57.6 Å². The van der Waals surface area contributed by atoms with Crippen molar-refractivity contribution in [3.8, 4) is 11.1 Å². The number of hydrogen-bond donors (Lipinski definition) is 0. The quantitative estimate of drug-likeness (QED) is 0.355. The minimum atomic E-state index is -1.51. The van der Waals surface area contributed by atoms with Crippen LogP contribution in [-0.4, -0.2) is 6.67 Å². The lowest BCUT2D eigenvalue weighted by molar-refractivity contribution is 0.238. The van der Waals surface area contributed by atoms with Crippen LogP contribution < -0.4 is 0 Å². The third kappa shape index (κ3) is 6.61. The summed E-state index contributed by atoms with van der Waals surface area (Å²) < 4.78 is 63.2. The molecule has 0 spiro atoms. The maximum Gasteiger partial charge on any atom is 0.194 e. The lowest BCUT2D eigenvalue weighted by atomic mass is 9.79. The number of halogens is 5. The number of alkyl halides is 1. The fraction of sp³-hybridized carbons (Fsp3) is 0.478. The van der Waals surface area contributed by atoms with Crippen molar-refractivity contribution in [2.24, 2.45) is 11.8 Å². The largest absolute Gasteiger partial charge is 0.251 e. The van der Waals surface area contributed by atoms with Crippen LogP contribution in [0.25, 0.3) is 11.1 Å². The molecule has 1 aliphatic rings. The van der Waals surface area contributed by atoms with Crippen molar-refractivity contribution < 1.29 is 22.0 Å². The molecule has 2 aromatic rings. The van der Waals surface area contributed by atoms with E-state index in [0.717, 1.165) is 36.6 Å². The van der Waals surface area contributed by atoms with Gasteiger partial charge in [-0.05, 0) is 53.6 Å². The molecular formula is C23H27F5. The van der Waals surface area contributed by atoms with Crippen LogP contribution in [0.1, 0.15) is 51.9 Å². The normalized spacial score (nSPS) is 19.1. The summed E-state index contributed by atoms with van der Waals surface area (Å²) >= 11 is 0. The first kappa shape index (κ1) is 22.4. The average Bonchev–Trinajstić information content (AvgIpc) is 2.69. The summed E-state index contributed by atoms with van der Waals surface area (Å²) in [5.74, 6) is -2.81. The maximum absolute atomic E-state index is 12.9. The van der Waals surface area contributed by atoms with Crippen molar-refractivity contribution in [1.82, 2.24) is 0 Å². The highest BCUT2D eigenvalue weighted by atomic mass is 19.2. The summed E-state index contributed by atoms with van der Waals surface area (Å²) in [6, 6.07) is 6.78. The van der Waals surface area contributed by atoms with E-state index in [1.165, 1.54) is 50.7 Å². The number of benzene rings is 2. The number of rotatable bonds is 5. The Morgan fingerprint density at radius 2 is 1.25 bits per heavy atom. The molecule has 0 atom stereocenters. The summed E-state index contributed by atoms with van der Waals surface area (Å²) in [7, 11) is 0. The van der Waals surface area contributed by atoms with Gasteiger partial charge in [0.05, 0.1) is 6.67 Å². The second kappa shape index (κ2) is 11.2. The summed E-state index contributed by atoms with van der Waals surface area (Å²) in [6.07, 6.45) is 8.82. The van der Waals surface area contributed by atoms with Crippen molar-refractivity contribution in [3.63, 3.8) is 0 Å². The molecule has 1 aliphatic carbocycles. The highest BCUT2D eigenvalue weighted by Crippen LogP contribution is 2.33. The van der Waals surface area contributed by atoms with Crippen LogP contribution in [0.4, 0.5) is 22.0 Å². The molecule has 5 heteroatoms. The highest BCUT2D eigenvalue weighted by Gasteiger charge is 2.19. The fourth-order valence-electron chi connectivity index (χ4n) is 3.74. The lowest BCUT2D eigenvalue weighted by Gasteiger charge is -2.27. The molecule has 0 bridgehead atoms. The molecule has 0 amide bonds. The van der Waals surface area contributed by atoms with Crippen LogP contribution in [-0.2, 0) is 0 Å². The van der Waals surface area contributed by atoms with E-state index < -0.39 is 23.3 Å². The SMILES string of the molecule is CCCC1CCC(CCF)CC1.Fc1ccc(-c2cc(F)c(F)c(F)c2)cc1. The summed E-state index contributed by atoms with van der Waals surface area (Å²) in [4.78, 5) is 0. The Kier molecular flexibility index (Phi) is 8.94. The third-order valence-electron chi connectivity index (χ3n) is 5.34. The van der Waals surface area contributed by atoms with Gasteiger partial charge >= 0.3 is 0 Å². The van der Waals surface area contributed by atoms with E-state index in [2.05, 4.69) is 6.92 Å². The zero-order chi connectivity index (χ0) is 20.5. The Bertz CT molecular complexity index is 681. The molecule has 0 aliphatic heterocycles. The second-order valence-electron chi connectivity index (χ2n) is 7.41. The van der Waals surface area contributed by atoms with E-state index in [9.17, 15) is 22.0 Å². The van der Waals surface area contributed by atoms with Crippen molar-refractivity contribution in [1.29, 1.82) is 0 Å². The maximum atomic E-state index is 12.9. The van der Waals surface area contributed by atoms with Crippen LogP contribution in [0.3, 0.4) is 0 Å². The molecule has 28 heavy (non-hydrogen) atoms. The molecule has 1 saturated carbocycles. The minimum Gasteiger partial charge on any atom is -0.251 e. The highest BCUT2D eigenvalue weighted by molar-refractivity contribution is 5.63. The molecule has 1 fully saturated rings. The van der Waals surface area contributed by atoms with Crippen LogP contribution >= 0.6 is 0 Å². The molecule has 0 heterocycles. The van der Waals surface area contributed by atoms with Crippen molar-refractivity contribution in [2.75, 3.05) is 6.67 Å². The zero-order valence-electron chi connectivity index (χ0n) is 16.2. The van der Waals surface area contributed by atoms with Crippen molar-refractivity contribution >= 4 is 0 Å². The minimum absolute atomic E-state index is 0.108. The molecule has 0 unspecified atom stereocenters. The summed E-state index contributed by atoms with van der Waals surface area (Å²) in [5, 5.41) is 0. The molecule has 0 aromatic heterocycles. The first-order valence-corrected chi connectivity index (χ1v) is 9.91. The Labute approximate surface area is 163 Å². The predicted molar refractivity (Wildman–Crippen MR) is 103 cm³/mol. The first-order chi connectivity index (χ1) is 13.4. The van der Waals surface area contributed by atoms with Crippen LogP contribution in [0.15, 0.2) is 36.4 Å². The number of hydrogen-bond acceptors (Lipinski definition) is 0. The second-order valence-corrected chi connectivity index (χ2v) is 7.41. The van der Waals surface area contributed by atoms with E-state index in [4.69, 9.17) is 0 Å². The van der Waals surface area contributed by atoms with Gasteiger partial charge in [-0.3, -0.25) is 4.39 Å². The predicted octanol–water partition coefficient (Wildman–Crippen LogP) is 7.86. The van der Waals surface area contributed by atoms with Gasteiger partial charge in [0.2, 0.25) is 0 Å². The summed E-state index contributed by atoms with van der Waals surface area (Å²) in [5.41, 5.74) is 0.579. The van der Waals surface area contributed by atoms with Crippen LogP contribution in [0.5, 0.6) is 0 Å². The van der Waals surface area contributed by atoms with Crippen molar-refractivity contribution in [2.45, 2.75) is 51.9 Å². The van der Waals surface area contributed by atoms with Gasteiger partial charge in [-0.25, -0.2) is 17.6 Å². The molecule has 0 nitrogen and oxygen atoms in total. The topological polar surface area (TPSA) is 0 Å². The van der Waals surface area contributed by atoms with Gasteiger partial charge in [-0.15, -0.1) is 0 Å². The first-order valence-electron chi connectivity index (χ1n) is 9.91. The molecular weight excluding hydrogens is 371 g/mol. The molecule has 0 N–H and O–H groups in total.